The molecule has 0 heterocycles. The third-order valence-corrected chi connectivity index (χ3v) is 5.28. The number of esters is 1. The molecule has 0 bridgehead atoms. The van der Waals surface area contributed by atoms with E-state index in [4.69, 9.17) is 4.74 Å². The third-order valence-electron chi connectivity index (χ3n) is 5.28. The van der Waals surface area contributed by atoms with Gasteiger partial charge in [-0.15, -0.1) is 0 Å². The largest absolute Gasteiger partial charge is 0.461 e. The Morgan fingerprint density at radius 1 is 0.655 bits per heavy atom. The number of carbonyl (C=O) groups is 1. The highest BCUT2D eigenvalue weighted by Gasteiger charge is 2.02. The fraction of sp³-hybridized carbons (Fsp3) is 0.741. The number of hydrogen-bond acceptors (Lipinski definition) is 2. The topological polar surface area (TPSA) is 26.3 Å². The van der Waals surface area contributed by atoms with Crippen molar-refractivity contribution in [1.82, 2.24) is 0 Å². The van der Waals surface area contributed by atoms with Gasteiger partial charge in [-0.3, -0.25) is 4.79 Å². The van der Waals surface area contributed by atoms with Crippen molar-refractivity contribution in [3.8, 4) is 0 Å². The molecule has 0 spiro atoms. The van der Waals surface area contributed by atoms with Gasteiger partial charge in [0.25, 0.3) is 0 Å². The molecule has 0 aromatic carbocycles. The average molecular weight is 405 g/mol. The molecule has 0 amide bonds. The number of ether oxygens (including phenoxy) is 1. The maximum Gasteiger partial charge on any atom is 0.306 e. The van der Waals surface area contributed by atoms with Crippen LogP contribution in [0.2, 0.25) is 0 Å². The summed E-state index contributed by atoms with van der Waals surface area (Å²) in [7, 11) is 0. The van der Waals surface area contributed by atoms with E-state index >= 15 is 0 Å². The van der Waals surface area contributed by atoms with Crippen LogP contribution in [0.1, 0.15) is 125 Å². The van der Waals surface area contributed by atoms with Crippen molar-refractivity contribution in [2.24, 2.45) is 0 Å². The molecule has 0 aliphatic carbocycles. The van der Waals surface area contributed by atoms with Crippen molar-refractivity contribution in [2.75, 3.05) is 6.61 Å². The summed E-state index contributed by atoms with van der Waals surface area (Å²) < 4.78 is 5.35. The SMILES string of the molecule is CCCCCCCCCCCC(=O)OC/C=C(\C)CC/C=C(\C)CCC=C(C)C. The molecule has 2 heteroatoms. The molecule has 0 saturated heterocycles. The Balaban J connectivity index is 3.67. The lowest BCUT2D eigenvalue weighted by molar-refractivity contribution is -0.142. The van der Waals surface area contributed by atoms with Gasteiger partial charge in [-0.1, -0.05) is 87.2 Å². The second-order valence-corrected chi connectivity index (χ2v) is 8.72. The Morgan fingerprint density at radius 2 is 1.17 bits per heavy atom. The maximum atomic E-state index is 11.8. The fourth-order valence-corrected chi connectivity index (χ4v) is 3.27. The van der Waals surface area contributed by atoms with Crippen LogP contribution in [0.4, 0.5) is 0 Å². The molecular formula is C27H48O2. The molecule has 0 fully saturated rings. The van der Waals surface area contributed by atoms with Crippen LogP contribution in [0.5, 0.6) is 0 Å². The molecule has 0 aliphatic heterocycles. The molecule has 0 aromatic heterocycles. The highest BCUT2D eigenvalue weighted by Crippen LogP contribution is 2.12. The Morgan fingerprint density at radius 3 is 1.76 bits per heavy atom. The lowest BCUT2D eigenvalue weighted by Gasteiger charge is -2.04. The fourth-order valence-electron chi connectivity index (χ4n) is 3.27. The summed E-state index contributed by atoms with van der Waals surface area (Å²) in [6, 6.07) is 0. The number of rotatable bonds is 18. The first-order chi connectivity index (χ1) is 14.0. The highest BCUT2D eigenvalue weighted by atomic mass is 16.5. The number of hydrogen-bond donors (Lipinski definition) is 0. The predicted octanol–water partition coefficient (Wildman–Crippen LogP) is 8.87. The Labute approximate surface area is 181 Å². The van der Waals surface area contributed by atoms with Gasteiger partial charge >= 0.3 is 5.97 Å². The van der Waals surface area contributed by atoms with Crippen molar-refractivity contribution in [1.29, 1.82) is 0 Å². The minimum absolute atomic E-state index is 0.0491. The van der Waals surface area contributed by atoms with Crippen molar-refractivity contribution < 1.29 is 9.53 Å². The first-order valence-electron chi connectivity index (χ1n) is 12.1. The second kappa shape index (κ2) is 20.0. The van der Waals surface area contributed by atoms with Crippen molar-refractivity contribution in [2.45, 2.75) is 125 Å². The molecule has 0 saturated carbocycles. The van der Waals surface area contributed by atoms with Crippen LogP contribution in [-0.2, 0) is 9.53 Å². The van der Waals surface area contributed by atoms with Crippen LogP contribution in [-0.4, -0.2) is 12.6 Å². The van der Waals surface area contributed by atoms with E-state index in [1.165, 1.54) is 61.7 Å². The van der Waals surface area contributed by atoms with Gasteiger partial charge < -0.3 is 4.74 Å². The molecule has 0 aliphatic rings. The summed E-state index contributed by atoms with van der Waals surface area (Å²) >= 11 is 0. The molecule has 0 unspecified atom stereocenters. The maximum absolute atomic E-state index is 11.8. The molecule has 0 rings (SSSR count). The lowest BCUT2D eigenvalue weighted by Crippen LogP contribution is -2.04. The summed E-state index contributed by atoms with van der Waals surface area (Å²) in [4.78, 5) is 11.8. The lowest BCUT2D eigenvalue weighted by atomic mass is 10.1. The van der Waals surface area contributed by atoms with Gasteiger partial charge in [0.1, 0.15) is 6.61 Å². The zero-order chi connectivity index (χ0) is 21.7. The van der Waals surface area contributed by atoms with Gasteiger partial charge in [-0.05, 0) is 65.9 Å². The first kappa shape index (κ1) is 27.7. The van der Waals surface area contributed by atoms with Gasteiger partial charge in [0.05, 0.1) is 0 Å². The minimum Gasteiger partial charge on any atom is -0.461 e. The average Bonchev–Trinajstić information content (AvgIpc) is 2.66. The number of carbonyl (C=O) groups excluding carboxylic acids is 1. The number of allylic oxidation sites excluding steroid dienone is 5. The van der Waals surface area contributed by atoms with E-state index in [2.05, 4.69) is 52.8 Å². The minimum atomic E-state index is -0.0491. The molecular weight excluding hydrogens is 356 g/mol. The zero-order valence-electron chi connectivity index (χ0n) is 20.2. The monoisotopic (exact) mass is 404 g/mol. The van der Waals surface area contributed by atoms with E-state index in [1.54, 1.807) is 0 Å². The second-order valence-electron chi connectivity index (χ2n) is 8.72. The van der Waals surface area contributed by atoms with E-state index in [-0.39, 0.29) is 5.97 Å². The molecule has 0 N–H and O–H groups in total. The highest BCUT2D eigenvalue weighted by molar-refractivity contribution is 5.69. The summed E-state index contributed by atoms with van der Waals surface area (Å²) in [6.45, 7) is 11.3. The van der Waals surface area contributed by atoms with Gasteiger partial charge in [-0.2, -0.15) is 0 Å². The van der Waals surface area contributed by atoms with Crippen molar-refractivity contribution in [3.63, 3.8) is 0 Å². The van der Waals surface area contributed by atoms with Gasteiger partial charge in [0.2, 0.25) is 0 Å². The smallest absolute Gasteiger partial charge is 0.306 e. The van der Waals surface area contributed by atoms with E-state index in [0.717, 1.165) is 38.5 Å². The van der Waals surface area contributed by atoms with Crippen molar-refractivity contribution in [3.05, 3.63) is 34.9 Å². The predicted molar refractivity (Wildman–Crippen MR) is 128 cm³/mol. The molecule has 2 nitrogen and oxygen atoms in total. The van der Waals surface area contributed by atoms with E-state index in [9.17, 15) is 4.79 Å². The van der Waals surface area contributed by atoms with E-state index in [1.807, 2.05) is 0 Å². The zero-order valence-corrected chi connectivity index (χ0v) is 20.2. The Kier molecular flexibility index (Phi) is 19.1. The summed E-state index contributed by atoms with van der Waals surface area (Å²) in [5.41, 5.74) is 4.15. The molecule has 168 valence electrons. The van der Waals surface area contributed by atoms with Gasteiger partial charge in [-0.25, -0.2) is 0 Å². The first-order valence-corrected chi connectivity index (χ1v) is 12.1. The molecule has 0 radical (unpaired) electrons. The third kappa shape index (κ3) is 21.2. The Hall–Kier alpha value is -1.31. The molecule has 0 aromatic rings. The summed E-state index contributed by atoms with van der Waals surface area (Å²) in [5, 5.41) is 0. The van der Waals surface area contributed by atoms with Crippen molar-refractivity contribution >= 4 is 5.97 Å². The van der Waals surface area contributed by atoms with Crippen LogP contribution >= 0.6 is 0 Å². The van der Waals surface area contributed by atoms with Gasteiger partial charge in [0.15, 0.2) is 0 Å². The standard InChI is InChI=1S/C27H48O2/c1-6-7-8-9-10-11-12-13-14-21-27(28)29-23-22-26(5)20-16-19-25(4)18-15-17-24(2)3/h17,19,22H,6-16,18,20-21,23H2,1-5H3/b25-19+,26-22+. The van der Waals surface area contributed by atoms with Crippen LogP contribution in [0.25, 0.3) is 0 Å². The van der Waals surface area contributed by atoms with E-state index in [0.29, 0.717) is 13.0 Å². The van der Waals surface area contributed by atoms with Crippen LogP contribution < -0.4 is 0 Å². The summed E-state index contributed by atoms with van der Waals surface area (Å²) in [6.07, 6.45) is 23.1. The normalized spacial score (nSPS) is 12.2. The van der Waals surface area contributed by atoms with Crippen LogP contribution in [0.3, 0.4) is 0 Å². The molecule has 29 heavy (non-hydrogen) atoms. The molecule has 0 atom stereocenters. The summed E-state index contributed by atoms with van der Waals surface area (Å²) in [5.74, 6) is -0.0491. The van der Waals surface area contributed by atoms with Crippen LogP contribution in [0.15, 0.2) is 34.9 Å². The van der Waals surface area contributed by atoms with Crippen LogP contribution in [0, 0.1) is 0 Å². The number of unbranched alkanes of at least 4 members (excludes halogenated alkanes) is 8. The van der Waals surface area contributed by atoms with Gasteiger partial charge in [0, 0.05) is 6.42 Å². The quantitative estimate of drug-likeness (QED) is 0.129. The Bertz CT molecular complexity index is 493. The van der Waals surface area contributed by atoms with E-state index < -0.39 is 0 Å².